The summed E-state index contributed by atoms with van der Waals surface area (Å²) in [6.07, 6.45) is -2.56. The summed E-state index contributed by atoms with van der Waals surface area (Å²) in [5.41, 5.74) is 0. The van der Waals surface area contributed by atoms with Crippen molar-refractivity contribution in [2.24, 2.45) is 5.18 Å². The molecule has 10 heavy (non-hydrogen) atoms. The minimum Gasteiger partial charge on any atom is -0.394 e. The first-order valence-electron chi connectivity index (χ1n) is 2.93. The van der Waals surface area contributed by atoms with Crippen LogP contribution in [-0.2, 0) is 0 Å². The van der Waals surface area contributed by atoms with Crippen molar-refractivity contribution in [2.45, 2.75) is 25.2 Å². The van der Waals surface area contributed by atoms with Crippen molar-refractivity contribution in [2.75, 3.05) is 6.61 Å². The Morgan fingerprint density at radius 1 is 1.50 bits per heavy atom. The van der Waals surface area contributed by atoms with Crippen LogP contribution in [0.25, 0.3) is 0 Å². The Morgan fingerprint density at radius 3 is 2.30 bits per heavy atom. The molecule has 0 saturated carbocycles. The molecule has 0 aromatic carbocycles. The predicted octanol–water partition coefficient (Wildman–Crippen LogP) is -1.14. The van der Waals surface area contributed by atoms with Crippen molar-refractivity contribution in [1.82, 2.24) is 0 Å². The molecule has 60 valence electrons. The molecule has 3 unspecified atom stereocenters. The van der Waals surface area contributed by atoms with Gasteiger partial charge >= 0.3 is 0 Å². The van der Waals surface area contributed by atoms with Crippen molar-refractivity contribution >= 4 is 0 Å². The van der Waals surface area contributed by atoms with Crippen LogP contribution in [0.2, 0.25) is 0 Å². The van der Waals surface area contributed by atoms with Gasteiger partial charge in [0.25, 0.3) is 0 Å². The Kier molecular flexibility index (Phi) is 4.10. The summed E-state index contributed by atoms with van der Waals surface area (Å²) in [5.74, 6) is 0. The fraction of sp³-hybridized carbons (Fsp3) is 1.00. The summed E-state index contributed by atoms with van der Waals surface area (Å²) in [7, 11) is 0. The van der Waals surface area contributed by atoms with Crippen molar-refractivity contribution in [3.63, 3.8) is 0 Å². The lowest BCUT2D eigenvalue weighted by Gasteiger charge is -2.16. The number of hydrogen-bond donors (Lipinski definition) is 3. The fourth-order valence-electron chi connectivity index (χ4n) is 0.492. The molecule has 0 heterocycles. The highest BCUT2D eigenvalue weighted by Gasteiger charge is 2.22. The van der Waals surface area contributed by atoms with E-state index in [2.05, 4.69) is 5.18 Å². The Labute approximate surface area is 58.3 Å². The Balaban J connectivity index is 3.80. The highest BCUT2D eigenvalue weighted by molar-refractivity contribution is 4.76. The number of aliphatic hydroxyl groups is 3. The molecule has 0 aliphatic heterocycles. The van der Waals surface area contributed by atoms with Crippen LogP contribution in [0, 0.1) is 4.91 Å². The van der Waals surface area contributed by atoms with E-state index in [-0.39, 0.29) is 0 Å². The first kappa shape index (κ1) is 9.48. The molecule has 0 fully saturated rings. The average molecular weight is 149 g/mol. The molecule has 0 spiro atoms. The van der Waals surface area contributed by atoms with E-state index >= 15 is 0 Å². The zero-order valence-corrected chi connectivity index (χ0v) is 5.64. The second-order valence-electron chi connectivity index (χ2n) is 2.09. The number of nitrogens with zero attached hydrogens (tertiary/aromatic N) is 1. The molecule has 0 rings (SSSR count). The minimum absolute atomic E-state index is 0.568. The third-order valence-electron chi connectivity index (χ3n) is 1.24. The molecule has 0 aliphatic carbocycles. The first-order valence-corrected chi connectivity index (χ1v) is 2.93. The maximum absolute atomic E-state index is 9.76. The van der Waals surface area contributed by atoms with Crippen LogP contribution >= 0.6 is 0 Å². The molecule has 5 nitrogen and oxygen atoms in total. The monoisotopic (exact) mass is 149 g/mol. The lowest BCUT2D eigenvalue weighted by molar-refractivity contribution is -0.0228. The lowest BCUT2D eigenvalue weighted by atomic mass is 10.1. The van der Waals surface area contributed by atoms with Crippen LogP contribution < -0.4 is 0 Å². The molecule has 0 bridgehead atoms. The van der Waals surface area contributed by atoms with Gasteiger partial charge < -0.3 is 15.3 Å². The maximum Gasteiger partial charge on any atom is 0.118 e. The van der Waals surface area contributed by atoms with Gasteiger partial charge in [-0.1, -0.05) is 5.18 Å². The molecule has 3 atom stereocenters. The van der Waals surface area contributed by atoms with Gasteiger partial charge in [0.05, 0.1) is 6.61 Å². The summed E-state index contributed by atoms with van der Waals surface area (Å²) < 4.78 is 0. The van der Waals surface area contributed by atoms with E-state index in [1.54, 1.807) is 0 Å². The second-order valence-corrected chi connectivity index (χ2v) is 2.09. The van der Waals surface area contributed by atoms with Gasteiger partial charge in [0.2, 0.25) is 0 Å². The van der Waals surface area contributed by atoms with E-state index in [9.17, 15) is 4.91 Å². The standard InChI is InChI=1S/C5H11NO4/c1-3(6-10)5(9)4(8)2-7/h3-5,7-9H,2H2,1H3. The van der Waals surface area contributed by atoms with Crippen LogP contribution in [0.4, 0.5) is 0 Å². The molecule has 0 saturated heterocycles. The molecule has 0 aromatic heterocycles. The number of rotatable bonds is 4. The highest BCUT2D eigenvalue weighted by atomic mass is 16.4. The summed E-state index contributed by atoms with van der Waals surface area (Å²) in [5, 5.41) is 28.4. The number of nitroso groups, excluding NO2 is 1. The molecule has 0 amide bonds. The van der Waals surface area contributed by atoms with Gasteiger partial charge in [-0.25, -0.2) is 0 Å². The van der Waals surface area contributed by atoms with Gasteiger partial charge in [-0.2, -0.15) is 4.91 Å². The highest BCUT2D eigenvalue weighted by Crippen LogP contribution is 2.01. The summed E-state index contributed by atoms with van der Waals surface area (Å²) in [6, 6.07) is -0.887. The van der Waals surface area contributed by atoms with E-state index in [0.717, 1.165) is 0 Å². The zero-order chi connectivity index (χ0) is 8.15. The minimum atomic E-state index is -1.28. The molecule has 0 aromatic rings. The number of hydrogen-bond acceptors (Lipinski definition) is 5. The van der Waals surface area contributed by atoms with Crippen molar-refractivity contribution in [3.05, 3.63) is 4.91 Å². The lowest BCUT2D eigenvalue weighted by Crippen LogP contribution is -2.36. The maximum atomic E-state index is 9.76. The van der Waals surface area contributed by atoms with Gasteiger partial charge in [-0.15, -0.1) is 0 Å². The van der Waals surface area contributed by atoms with E-state index in [0.29, 0.717) is 0 Å². The SMILES string of the molecule is CC(N=O)C(O)C(O)CO. The largest absolute Gasteiger partial charge is 0.394 e. The third kappa shape index (κ3) is 2.38. The Hall–Kier alpha value is -0.520. The fourth-order valence-corrected chi connectivity index (χ4v) is 0.492. The van der Waals surface area contributed by atoms with Crippen LogP contribution in [0.15, 0.2) is 5.18 Å². The van der Waals surface area contributed by atoms with Gasteiger partial charge in [-0.3, -0.25) is 0 Å². The average Bonchev–Trinajstić information content (AvgIpc) is 2.00. The predicted molar refractivity (Wildman–Crippen MR) is 34.4 cm³/mol. The van der Waals surface area contributed by atoms with Gasteiger partial charge in [0.15, 0.2) is 0 Å². The Morgan fingerprint density at radius 2 is 2.00 bits per heavy atom. The molecule has 0 aliphatic rings. The topological polar surface area (TPSA) is 90.1 Å². The molecule has 0 radical (unpaired) electrons. The molecule has 3 N–H and O–H groups in total. The van der Waals surface area contributed by atoms with Gasteiger partial charge in [0, 0.05) is 0 Å². The molecule has 5 heteroatoms. The number of aliphatic hydroxyl groups excluding tert-OH is 3. The summed E-state index contributed by atoms with van der Waals surface area (Å²) in [4.78, 5) is 9.76. The first-order chi connectivity index (χ1) is 4.63. The normalized spacial score (nSPS) is 19.6. The molecular formula is C5H11NO4. The van der Waals surface area contributed by atoms with Gasteiger partial charge in [-0.05, 0) is 6.92 Å². The van der Waals surface area contributed by atoms with Crippen LogP contribution in [0.5, 0.6) is 0 Å². The van der Waals surface area contributed by atoms with Crippen LogP contribution in [0.3, 0.4) is 0 Å². The van der Waals surface area contributed by atoms with Crippen LogP contribution in [0.1, 0.15) is 6.92 Å². The van der Waals surface area contributed by atoms with E-state index in [1.807, 2.05) is 0 Å². The summed E-state index contributed by atoms with van der Waals surface area (Å²) >= 11 is 0. The van der Waals surface area contributed by atoms with Crippen LogP contribution in [-0.4, -0.2) is 40.2 Å². The van der Waals surface area contributed by atoms with Crippen molar-refractivity contribution in [3.8, 4) is 0 Å². The Bertz CT molecular complexity index is 108. The molecular weight excluding hydrogens is 138 g/mol. The third-order valence-corrected chi connectivity index (χ3v) is 1.24. The van der Waals surface area contributed by atoms with E-state index < -0.39 is 24.9 Å². The summed E-state index contributed by atoms with van der Waals surface area (Å²) in [6.45, 7) is 0.789. The van der Waals surface area contributed by atoms with Crippen molar-refractivity contribution in [1.29, 1.82) is 0 Å². The van der Waals surface area contributed by atoms with Crippen molar-refractivity contribution < 1.29 is 15.3 Å². The van der Waals surface area contributed by atoms with E-state index in [1.165, 1.54) is 6.92 Å². The van der Waals surface area contributed by atoms with Gasteiger partial charge in [0.1, 0.15) is 18.2 Å². The smallest absolute Gasteiger partial charge is 0.118 e. The quantitative estimate of drug-likeness (QED) is 0.440. The van der Waals surface area contributed by atoms with E-state index in [4.69, 9.17) is 15.3 Å². The zero-order valence-electron chi connectivity index (χ0n) is 5.64. The second kappa shape index (κ2) is 4.32.